The van der Waals surface area contributed by atoms with Crippen molar-refractivity contribution in [3.05, 3.63) is 59.2 Å². The average Bonchev–Trinajstić information content (AvgIpc) is 2.81. The fraction of sp³-hybridized carbons (Fsp3) is 0.308. The molecule has 0 bridgehead atoms. The van der Waals surface area contributed by atoms with E-state index in [1.807, 2.05) is 32.9 Å². The molecule has 1 fully saturated rings. The third-order valence-corrected chi connectivity index (χ3v) is 6.29. The van der Waals surface area contributed by atoms with E-state index in [1.165, 1.54) is 6.33 Å². The molecule has 1 aliphatic carbocycles. The third-order valence-electron chi connectivity index (χ3n) is 5.83. The summed E-state index contributed by atoms with van der Waals surface area (Å²) in [4.78, 5) is 25.2. The Hall–Kier alpha value is -3.53. The van der Waals surface area contributed by atoms with Crippen molar-refractivity contribution in [2.45, 2.75) is 51.4 Å². The molecule has 1 amide bonds. The molecular formula is C26H25BrFN5O3. The van der Waals surface area contributed by atoms with Crippen LogP contribution in [0.25, 0.3) is 21.8 Å². The fourth-order valence-corrected chi connectivity index (χ4v) is 4.47. The van der Waals surface area contributed by atoms with Crippen LogP contribution in [0.15, 0.2) is 53.4 Å². The van der Waals surface area contributed by atoms with E-state index in [4.69, 9.17) is 9.47 Å². The predicted octanol–water partition coefficient (Wildman–Crippen LogP) is 6.26. The highest BCUT2D eigenvalue weighted by Gasteiger charge is 2.36. The van der Waals surface area contributed by atoms with Crippen LogP contribution in [-0.2, 0) is 4.74 Å². The molecule has 36 heavy (non-hydrogen) atoms. The van der Waals surface area contributed by atoms with Gasteiger partial charge in [-0.15, -0.1) is 0 Å². The lowest BCUT2D eigenvalue weighted by molar-refractivity contribution is 0.0297. The van der Waals surface area contributed by atoms with Crippen molar-refractivity contribution in [1.29, 1.82) is 0 Å². The Kier molecular flexibility index (Phi) is 6.38. The van der Waals surface area contributed by atoms with Gasteiger partial charge in [-0.05, 0) is 70.0 Å². The van der Waals surface area contributed by atoms with Crippen molar-refractivity contribution in [2.24, 2.45) is 0 Å². The largest absolute Gasteiger partial charge is 0.487 e. The van der Waals surface area contributed by atoms with Gasteiger partial charge < -0.3 is 20.1 Å². The Bertz CT molecular complexity index is 1460. The molecule has 0 aliphatic heterocycles. The van der Waals surface area contributed by atoms with Gasteiger partial charge in [-0.3, -0.25) is 4.98 Å². The summed E-state index contributed by atoms with van der Waals surface area (Å²) in [6.45, 7) is 5.45. The summed E-state index contributed by atoms with van der Waals surface area (Å²) in [5.74, 6) is 0.499. The van der Waals surface area contributed by atoms with Gasteiger partial charge in [0.2, 0.25) is 0 Å². The van der Waals surface area contributed by atoms with E-state index < -0.39 is 17.5 Å². The molecule has 2 heterocycles. The quantitative estimate of drug-likeness (QED) is 0.301. The van der Waals surface area contributed by atoms with Crippen LogP contribution in [0.4, 0.5) is 20.7 Å². The number of carbonyl (C=O) groups is 1. The minimum absolute atomic E-state index is 0.194. The lowest BCUT2D eigenvalue weighted by Crippen LogP contribution is -2.53. The number of anilines is 2. The molecular weight excluding hydrogens is 529 g/mol. The molecule has 2 aromatic heterocycles. The Labute approximate surface area is 215 Å². The van der Waals surface area contributed by atoms with Crippen molar-refractivity contribution >= 4 is 55.3 Å². The van der Waals surface area contributed by atoms with Gasteiger partial charge >= 0.3 is 6.09 Å². The number of pyridine rings is 1. The average molecular weight is 554 g/mol. The number of carbonyl (C=O) groups excluding carboxylic acids is 1. The number of amides is 1. The second kappa shape index (κ2) is 9.50. The second-order valence-electron chi connectivity index (χ2n) is 9.63. The Morgan fingerprint density at radius 2 is 1.94 bits per heavy atom. The first kappa shape index (κ1) is 24.2. The predicted molar refractivity (Wildman–Crippen MR) is 139 cm³/mol. The van der Waals surface area contributed by atoms with E-state index in [2.05, 4.69) is 41.5 Å². The summed E-state index contributed by atoms with van der Waals surface area (Å²) in [6.07, 6.45) is 3.83. The Morgan fingerprint density at radius 3 is 2.69 bits per heavy atom. The van der Waals surface area contributed by atoms with E-state index in [1.54, 1.807) is 30.5 Å². The summed E-state index contributed by atoms with van der Waals surface area (Å²) in [6, 6.07) is 10.2. The van der Waals surface area contributed by atoms with Gasteiger partial charge in [-0.25, -0.2) is 19.2 Å². The van der Waals surface area contributed by atoms with Gasteiger partial charge in [0.15, 0.2) is 5.82 Å². The molecule has 8 nitrogen and oxygen atoms in total. The zero-order valence-corrected chi connectivity index (χ0v) is 21.6. The highest BCUT2D eigenvalue weighted by molar-refractivity contribution is 9.10. The first-order valence-electron chi connectivity index (χ1n) is 11.6. The minimum atomic E-state index is -0.587. The number of ether oxygens (including phenoxy) is 2. The number of hydrogen-bond donors (Lipinski definition) is 2. The van der Waals surface area contributed by atoms with Crippen LogP contribution >= 0.6 is 15.9 Å². The van der Waals surface area contributed by atoms with Crippen LogP contribution in [0.5, 0.6) is 5.75 Å². The molecule has 10 heteroatoms. The molecule has 0 radical (unpaired) electrons. The highest BCUT2D eigenvalue weighted by Crippen LogP contribution is 2.38. The highest BCUT2D eigenvalue weighted by atomic mass is 79.9. The second-order valence-corrected chi connectivity index (χ2v) is 10.5. The van der Waals surface area contributed by atoms with E-state index in [-0.39, 0.29) is 17.8 Å². The number of alkyl carbamates (subject to hydrolysis) is 1. The van der Waals surface area contributed by atoms with Crippen LogP contribution in [0.1, 0.15) is 33.6 Å². The van der Waals surface area contributed by atoms with E-state index in [9.17, 15) is 4.79 Å². The number of hydrogen-bond acceptors (Lipinski definition) is 7. The monoisotopic (exact) mass is 553 g/mol. The van der Waals surface area contributed by atoms with Crippen molar-refractivity contribution in [2.75, 3.05) is 5.32 Å². The van der Waals surface area contributed by atoms with Crippen molar-refractivity contribution in [1.82, 2.24) is 20.3 Å². The molecule has 0 spiro atoms. The maximum Gasteiger partial charge on any atom is 0.408 e. The number of halogens is 2. The summed E-state index contributed by atoms with van der Waals surface area (Å²) in [5, 5.41) is 7.01. The Morgan fingerprint density at radius 1 is 1.11 bits per heavy atom. The number of aromatic nitrogens is 3. The summed E-state index contributed by atoms with van der Waals surface area (Å²) in [5.41, 5.74) is 0.860. The number of fused-ring (bicyclic) bond motifs is 2. The fourth-order valence-electron chi connectivity index (χ4n) is 4.05. The molecule has 5 rings (SSSR count). The molecule has 0 unspecified atom stereocenters. The maximum absolute atomic E-state index is 15.2. The van der Waals surface area contributed by atoms with Crippen molar-refractivity contribution in [3.63, 3.8) is 0 Å². The smallest absolute Gasteiger partial charge is 0.408 e. The van der Waals surface area contributed by atoms with E-state index >= 15 is 4.39 Å². The summed E-state index contributed by atoms with van der Waals surface area (Å²) in [7, 11) is 0. The van der Waals surface area contributed by atoms with Gasteiger partial charge in [0, 0.05) is 16.1 Å². The van der Waals surface area contributed by atoms with Gasteiger partial charge in [-0.2, -0.15) is 0 Å². The van der Waals surface area contributed by atoms with E-state index in [0.717, 1.165) is 17.3 Å². The first-order chi connectivity index (χ1) is 17.2. The van der Waals surface area contributed by atoms with E-state index in [0.29, 0.717) is 33.4 Å². The van der Waals surface area contributed by atoms with Crippen molar-refractivity contribution < 1.29 is 18.7 Å². The molecule has 2 atom stereocenters. The first-order valence-corrected chi connectivity index (χ1v) is 12.4. The van der Waals surface area contributed by atoms with Gasteiger partial charge in [0.1, 0.15) is 29.6 Å². The molecule has 1 saturated carbocycles. The summed E-state index contributed by atoms with van der Waals surface area (Å²) >= 11 is 3.51. The molecule has 0 saturated heterocycles. The number of nitrogens with one attached hydrogen (secondary N) is 2. The van der Waals surface area contributed by atoms with Crippen LogP contribution in [0.2, 0.25) is 0 Å². The Balaban J connectivity index is 1.44. The maximum atomic E-state index is 15.2. The lowest BCUT2D eigenvalue weighted by Gasteiger charge is -2.37. The standard InChI is InChI=1S/C26H25BrFN5O3/c1-26(2,3)36-25(34)33-17-8-9-20(17)35-21-12-14(27)11-19-22(21)24(31-13-30-19)32-18-7-6-16-15(23(18)28)5-4-10-29-16/h4-7,10-13,17,20H,8-9H2,1-3H3,(H,33,34)(H,30,31,32)/t17-,20-/m1/s1. The zero-order chi connectivity index (χ0) is 25.4. The molecule has 2 N–H and O–H groups in total. The van der Waals surface area contributed by atoms with Gasteiger partial charge in [0.05, 0.1) is 28.1 Å². The zero-order valence-electron chi connectivity index (χ0n) is 20.0. The van der Waals surface area contributed by atoms with Crippen LogP contribution in [0, 0.1) is 5.82 Å². The number of rotatable bonds is 5. The molecule has 186 valence electrons. The SMILES string of the molecule is CC(C)(C)OC(=O)N[C@@H]1CC[C@H]1Oc1cc(Br)cc2ncnc(Nc3ccc4ncccc4c3F)c12. The number of nitrogens with zero attached hydrogens (tertiary/aromatic N) is 3. The van der Waals surface area contributed by atoms with Crippen LogP contribution < -0.4 is 15.4 Å². The third kappa shape index (κ3) is 5.04. The molecule has 1 aliphatic rings. The number of benzene rings is 2. The minimum Gasteiger partial charge on any atom is -0.487 e. The molecule has 4 aromatic rings. The lowest BCUT2D eigenvalue weighted by atomic mass is 9.89. The van der Waals surface area contributed by atoms with Gasteiger partial charge in [-0.1, -0.05) is 15.9 Å². The van der Waals surface area contributed by atoms with Gasteiger partial charge in [0.25, 0.3) is 0 Å². The van der Waals surface area contributed by atoms with Crippen LogP contribution in [-0.4, -0.2) is 38.8 Å². The molecule has 2 aromatic carbocycles. The topological polar surface area (TPSA) is 98.3 Å². The van der Waals surface area contributed by atoms with Crippen LogP contribution in [0.3, 0.4) is 0 Å². The van der Waals surface area contributed by atoms with Crippen molar-refractivity contribution in [3.8, 4) is 5.75 Å². The summed E-state index contributed by atoms with van der Waals surface area (Å²) < 4.78 is 27.7. The normalized spacial score (nSPS) is 17.5.